The Morgan fingerprint density at radius 1 is 1.35 bits per heavy atom. The molecule has 1 aromatic heterocycles. The Balaban J connectivity index is 2.11. The minimum Gasteiger partial charge on any atom is -0.325 e. The number of nitrogens with two attached hydrogens (primary N) is 1. The second-order valence-electron chi connectivity index (χ2n) is 4.26. The van der Waals surface area contributed by atoms with Crippen LogP contribution in [0.15, 0.2) is 24.3 Å². The highest BCUT2D eigenvalue weighted by Gasteiger charge is 2.30. The van der Waals surface area contributed by atoms with Crippen molar-refractivity contribution in [2.75, 3.05) is 0 Å². The van der Waals surface area contributed by atoms with Crippen molar-refractivity contribution < 1.29 is 4.39 Å². The summed E-state index contributed by atoms with van der Waals surface area (Å²) >= 11 is 0. The van der Waals surface area contributed by atoms with Crippen LogP contribution in [-0.2, 0) is 6.54 Å². The van der Waals surface area contributed by atoms with Crippen LogP contribution in [0.5, 0.6) is 0 Å². The van der Waals surface area contributed by atoms with Gasteiger partial charge in [0.25, 0.3) is 0 Å². The molecule has 2 N–H and O–H groups in total. The average Bonchev–Trinajstić information content (AvgIpc) is 3.10. The van der Waals surface area contributed by atoms with Gasteiger partial charge in [0.2, 0.25) is 0 Å². The number of hydrogen-bond acceptors (Lipinski definition) is 3. The molecule has 0 aliphatic heterocycles. The molecule has 1 aliphatic carbocycles. The van der Waals surface area contributed by atoms with E-state index in [0.29, 0.717) is 18.2 Å². The molecule has 1 aromatic carbocycles. The van der Waals surface area contributed by atoms with Gasteiger partial charge >= 0.3 is 0 Å². The fraction of sp³-hybridized carbons (Fsp3) is 0.333. The SMILES string of the molecule is NCc1c(C2CC2)nnn1-c1ccccc1F. The first-order chi connectivity index (χ1) is 8.31. The van der Waals surface area contributed by atoms with Crippen LogP contribution in [-0.4, -0.2) is 15.0 Å². The lowest BCUT2D eigenvalue weighted by Crippen LogP contribution is -2.09. The summed E-state index contributed by atoms with van der Waals surface area (Å²) in [6, 6.07) is 6.52. The molecule has 4 nitrogen and oxygen atoms in total. The number of benzene rings is 1. The van der Waals surface area contributed by atoms with Gasteiger partial charge in [-0.15, -0.1) is 5.10 Å². The number of halogens is 1. The zero-order valence-corrected chi connectivity index (χ0v) is 9.31. The highest BCUT2D eigenvalue weighted by molar-refractivity contribution is 5.36. The molecule has 0 bridgehead atoms. The molecule has 17 heavy (non-hydrogen) atoms. The highest BCUT2D eigenvalue weighted by Crippen LogP contribution is 2.40. The third kappa shape index (κ3) is 1.72. The summed E-state index contributed by atoms with van der Waals surface area (Å²) in [5, 5.41) is 8.16. The second kappa shape index (κ2) is 3.92. The van der Waals surface area contributed by atoms with E-state index in [4.69, 9.17) is 5.73 Å². The number of hydrogen-bond donors (Lipinski definition) is 1. The van der Waals surface area contributed by atoms with Gasteiger partial charge in [-0.3, -0.25) is 0 Å². The van der Waals surface area contributed by atoms with E-state index in [1.807, 2.05) is 0 Å². The molecule has 0 spiro atoms. The first kappa shape index (κ1) is 10.4. The lowest BCUT2D eigenvalue weighted by Gasteiger charge is -2.06. The van der Waals surface area contributed by atoms with E-state index in [1.165, 1.54) is 10.7 Å². The van der Waals surface area contributed by atoms with Gasteiger partial charge in [0.15, 0.2) is 0 Å². The minimum absolute atomic E-state index is 0.311. The van der Waals surface area contributed by atoms with E-state index in [-0.39, 0.29) is 5.82 Å². The van der Waals surface area contributed by atoms with Crippen LogP contribution in [0.25, 0.3) is 5.69 Å². The summed E-state index contributed by atoms with van der Waals surface area (Å²) in [5.41, 5.74) is 7.88. The largest absolute Gasteiger partial charge is 0.325 e. The third-order valence-corrected chi connectivity index (χ3v) is 3.03. The summed E-state index contributed by atoms with van der Waals surface area (Å²) in [6.07, 6.45) is 2.26. The third-order valence-electron chi connectivity index (χ3n) is 3.03. The van der Waals surface area contributed by atoms with E-state index in [1.54, 1.807) is 18.2 Å². The maximum absolute atomic E-state index is 13.7. The van der Waals surface area contributed by atoms with E-state index in [2.05, 4.69) is 10.3 Å². The quantitative estimate of drug-likeness (QED) is 0.877. The zero-order valence-electron chi connectivity index (χ0n) is 9.31. The monoisotopic (exact) mass is 232 g/mol. The number of rotatable bonds is 3. The van der Waals surface area contributed by atoms with Crippen molar-refractivity contribution in [3.63, 3.8) is 0 Å². The summed E-state index contributed by atoms with van der Waals surface area (Å²) in [4.78, 5) is 0. The topological polar surface area (TPSA) is 56.7 Å². The van der Waals surface area contributed by atoms with Crippen molar-refractivity contribution >= 4 is 0 Å². The lowest BCUT2D eigenvalue weighted by molar-refractivity contribution is 0.602. The van der Waals surface area contributed by atoms with Gasteiger partial charge in [0, 0.05) is 12.5 Å². The highest BCUT2D eigenvalue weighted by atomic mass is 19.1. The first-order valence-electron chi connectivity index (χ1n) is 5.70. The predicted octanol–water partition coefficient (Wildman–Crippen LogP) is 1.74. The van der Waals surface area contributed by atoms with Gasteiger partial charge in [-0.1, -0.05) is 17.3 Å². The molecule has 5 heteroatoms. The molecule has 2 aromatic rings. The molecule has 0 amide bonds. The van der Waals surface area contributed by atoms with Crippen molar-refractivity contribution in [1.82, 2.24) is 15.0 Å². The fourth-order valence-corrected chi connectivity index (χ4v) is 2.00. The van der Waals surface area contributed by atoms with E-state index < -0.39 is 0 Å². The van der Waals surface area contributed by atoms with E-state index in [0.717, 1.165) is 24.2 Å². The summed E-state index contributed by atoms with van der Waals surface area (Å²) in [7, 11) is 0. The van der Waals surface area contributed by atoms with E-state index in [9.17, 15) is 4.39 Å². The molecular formula is C12H13FN4. The van der Waals surface area contributed by atoms with Crippen LogP contribution in [0.1, 0.15) is 30.1 Å². The molecule has 3 rings (SSSR count). The van der Waals surface area contributed by atoms with Gasteiger partial charge in [-0.2, -0.15) is 0 Å². The van der Waals surface area contributed by atoms with Gasteiger partial charge < -0.3 is 5.73 Å². The number of aromatic nitrogens is 3. The number of para-hydroxylation sites is 1. The van der Waals surface area contributed by atoms with Crippen LogP contribution in [0.4, 0.5) is 4.39 Å². The standard InChI is InChI=1S/C12H13FN4/c13-9-3-1-2-4-10(9)17-11(7-14)12(15-16-17)8-5-6-8/h1-4,8H,5-7,14H2. The van der Waals surface area contributed by atoms with E-state index >= 15 is 0 Å². The molecule has 1 fully saturated rings. The number of nitrogens with zero attached hydrogens (tertiary/aromatic N) is 3. The van der Waals surface area contributed by atoms with Crippen molar-refractivity contribution in [3.05, 3.63) is 41.5 Å². The Kier molecular flexibility index (Phi) is 2.40. The molecule has 1 heterocycles. The van der Waals surface area contributed by atoms with Crippen LogP contribution in [0.3, 0.4) is 0 Å². The molecule has 1 aliphatic rings. The van der Waals surface area contributed by atoms with Gasteiger partial charge in [0.1, 0.15) is 11.5 Å². The smallest absolute Gasteiger partial charge is 0.148 e. The molecule has 0 saturated heterocycles. The van der Waals surface area contributed by atoms with Crippen LogP contribution in [0, 0.1) is 5.82 Å². The fourth-order valence-electron chi connectivity index (χ4n) is 2.00. The van der Waals surface area contributed by atoms with Crippen LogP contribution >= 0.6 is 0 Å². The molecular weight excluding hydrogens is 219 g/mol. The Hall–Kier alpha value is -1.75. The van der Waals surface area contributed by atoms with Crippen LogP contribution in [0.2, 0.25) is 0 Å². The van der Waals surface area contributed by atoms with Crippen molar-refractivity contribution in [3.8, 4) is 5.69 Å². The molecule has 0 unspecified atom stereocenters. The van der Waals surface area contributed by atoms with Crippen LogP contribution < -0.4 is 5.73 Å². The minimum atomic E-state index is -0.311. The summed E-state index contributed by atoms with van der Waals surface area (Å²) < 4.78 is 15.2. The molecule has 0 radical (unpaired) electrons. The maximum atomic E-state index is 13.7. The normalized spacial score (nSPS) is 15.2. The Morgan fingerprint density at radius 2 is 2.12 bits per heavy atom. The summed E-state index contributed by atoms with van der Waals surface area (Å²) in [6.45, 7) is 0.327. The second-order valence-corrected chi connectivity index (χ2v) is 4.26. The first-order valence-corrected chi connectivity index (χ1v) is 5.70. The van der Waals surface area contributed by atoms with Crippen molar-refractivity contribution in [2.24, 2.45) is 5.73 Å². The molecule has 1 saturated carbocycles. The predicted molar refractivity (Wildman–Crippen MR) is 61.2 cm³/mol. The Labute approximate surface area is 98.2 Å². The van der Waals surface area contributed by atoms with Gasteiger partial charge in [-0.05, 0) is 25.0 Å². The average molecular weight is 232 g/mol. The van der Waals surface area contributed by atoms with Crippen molar-refractivity contribution in [1.29, 1.82) is 0 Å². The Bertz CT molecular complexity index is 545. The molecule has 0 atom stereocenters. The van der Waals surface area contributed by atoms with Crippen molar-refractivity contribution in [2.45, 2.75) is 25.3 Å². The lowest BCUT2D eigenvalue weighted by atomic mass is 10.2. The maximum Gasteiger partial charge on any atom is 0.148 e. The zero-order chi connectivity index (χ0) is 11.8. The van der Waals surface area contributed by atoms with Gasteiger partial charge in [0.05, 0.1) is 11.4 Å². The molecule has 88 valence electrons. The summed E-state index contributed by atoms with van der Waals surface area (Å²) in [5.74, 6) is 0.156. The van der Waals surface area contributed by atoms with Gasteiger partial charge in [-0.25, -0.2) is 9.07 Å². The Morgan fingerprint density at radius 3 is 2.76 bits per heavy atom.